The molecule has 0 aliphatic heterocycles. The van der Waals surface area contributed by atoms with Crippen LogP contribution in [-0.4, -0.2) is 44.3 Å². The highest BCUT2D eigenvalue weighted by atomic mass is 16.5. The van der Waals surface area contributed by atoms with Crippen LogP contribution in [0.4, 0.5) is 11.4 Å². The van der Waals surface area contributed by atoms with Gasteiger partial charge in [-0.25, -0.2) is 0 Å². The van der Waals surface area contributed by atoms with Crippen LogP contribution in [0.15, 0.2) is 59.5 Å². The molecule has 260 valence electrons. The zero-order valence-electron chi connectivity index (χ0n) is 29.4. The van der Waals surface area contributed by atoms with Crippen LogP contribution in [0.1, 0.15) is 70.0 Å². The first-order chi connectivity index (χ1) is 23.6. The smallest absolute Gasteiger partial charge is 0.224 e. The van der Waals surface area contributed by atoms with Gasteiger partial charge in [-0.15, -0.1) is 0 Å². The fourth-order valence-corrected chi connectivity index (χ4v) is 6.76. The summed E-state index contributed by atoms with van der Waals surface area (Å²) in [6.45, 7) is 7.37. The van der Waals surface area contributed by atoms with Gasteiger partial charge in [-0.05, 0) is 84.7 Å². The van der Waals surface area contributed by atoms with Crippen molar-refractivity contribution in [1.82, 2.24) is 9.88 Å². The van der Waals surface area contributed by atoms with E-state index in [1.807, 2.05) is 24.3 Å². The van der Waals surface area contributed by atoms with E-state index in [9.17, 15) is 14.4 Å². The standard InChI is InChI=1S/C39H48N4O6/c1-24(2)23-43-20-18-28-30(11-10-12-33(28)43)42-36(46)13-8-7-9-19-40-32-17-15-27-29(22-34(32)45)31(41-25(3)44)16-14-26-21-35(47-4)38(48-5)39(49-6)37(26)27/h10-12,15,17-18,20-22,24,31H,7-9,13-14,16,19,23H2,1-6H3,(H,40,45)(H,41,44)(H,42,46)/t31-/m0/s1. The molecule has 0 saturated carbocycles. The molecule has 5 rings (SSSR count). The van der Waals surface area contributed by atoms with Gasteiger partial charge >= 0.3 is 0 Å². The molecular formula is C39H48N4O6. The molecule has 1 aromatic heterocycles. The van der Waals surface area contributed by atoms with E-state index in [0.717, 1.165) is 64.7 Å². The minimum Gasteiger partial charge on any atom is -0.493 e. The summed E-state index contributed by atoms with van der Waals surface area (Å²) in [5, 5.41) is 10.5. The van der Waals surface area contributed by atoms with Gasteiger partial charge in [0.2, 0.25) is 23.0 Å². The number of rotatable bonds is 14. The van der Waals surface area contributed by atoms with E-state index in [1.165, 1.54) is 6.92 Å². The highest BCUT2D eigenvalue weighted by molar-refractivity contribution is 6.01. The minimum absolute atomic E-state index is 0.00539. The van der Waals surface area contributed by atoms with Gasteiger partial charge in [0, 0.05) is 43.6 Å². The predicted octanol–water partition coefficient (Wildman–Crippen LogP) is 7.08. The molecule has 0 saturated heterocycles. The third-order valence-electron chi connectivity index (χ3n) is 8.96. The molecule has 0 fully saturated rings. The van der Waals surface area contributed by atoms with E-state index in [4.69, 9.17) is 14.2 Å². The largest absolute Gasteiger partial charge is 0.493 e. The Bertz CT molecular complexity index is 1880. The van der Waals surface area contributed by atoms with Crippen molar-refractivity contribution in [3.05, 3.63) is 76.1 Å². The summed E-state index contributed by atoms with van der Waals surface area (Å²) in [4.78, 5) is 38.6. The molecule has 10 nitrogen and oxygen atoms in total. The Labute approximate surface area is 288 Å². The second-order valence-electron chi connectivity index (χ2n) is 13.0. The molecule has 0 bridgehead atoms. The Morgan fingerprint density at radius 1 is 0.939 bits per heavy atom. The van der Waals surface area contributed by atoms with E-state index >= 15 is 0 Å². The number of anilines is 2. The molecule has 1 aliphatic carbocycles. The van der Waals surface area contributed by atoms with Gasteiger partial charge < -0.3 is 34.7 Å². The summed E-state index contributed by atoms with van der Waals surface area (Å²) < 4.78 is 19.4. The van der Waals surface area contributed by atoms with Crippen molar-refractivity contribution in [2.45, 2.75) is 71.9 Å². The number of carbonyl (C=O) groups excluding carboxylic acids is 2. The first-order valence-electron chi connectivity index (χ1n) is 17.0. The number of ether oxygens (including phenoxy) is 3. The molecule has 1 aliphatic rings. The number of nitrogens with zero attached hydrogens (tertiary/aromatic N) is 1. The quantitative estimate of drug-likeness (QED) is 0.123. The average Bonchev–Trinajstić information content (AvgIpc) is 3.33. The van der Waals surface area contributed by atoms with Crippen molar-refractivity contribution < 1.29 is 23.8 Å². The van der Waals surface area contributed by atoms with Crippen molar-refractivity contribution in [3.8, 4) is 28.4 Å². The van der Waals surface area contributed by atoms with Crippen molar-refractivity contribution in [3.63, 3.8) is 0 Å². The molecule has 1 heterocycles. The van der Waals surface area contributed by atoms with E-state index in [1.54, 1.807) is 33.5 Å². The van der Waals surface area contributed by atoms with E-state index in [-0.39, 0.29) is 23.3 Å². The van der Waals surface area contributed by atoms with Crippen LogP contribution in [0, 0.1) is 5.92 Å². The van der Waals surface area contributed by atoms with Crippen LogP contribution in [0.3, 0.4) is 0 Å². The molecule has 2 amide bonds. The topological polar surface area (TPSA) is 120 Å². The highest BCUT2D eigenvalue weighted by Crippen LogP contribution is 2.50. The van der Waals surface area contributed by atoms with Crippen molar-refractivity contribution >= 4 is 34.1 Å². The second kappa shape index (κ2) is 15.9. The number of methoxy groups -OCH3 is 3. The Hall–Kier alpha value is -4.99. The molecule has 0 spiro atoms. The average molecular weight is 669 g/mol. The van der Waals surface area contributed by atoms with Crippen LogP contribution in [0.2, 0.25) is 0 Å². The Morgan fingerprint density at radius 2 is 1.73 bits per heavy atom. The summed E-state index contributed by atoms with van der Waals surface area (Å²) in [5.41, 5.74) is 5.54. The number of hydrogen-bond donors (Lipinski definition) is 3. The first kappa shape index (κ1) is 35.3. The number of fused-ring (bicyclic) bond motifs is 4. The lowest BCUT2D eigenvalue weighted by atomic mass is 9.95. The Kier molecular flexibility index (Phi) is 11.5. The number of benzene rings is 2. The zero-order valence-corrected chi connectivity index (χ0v) is 29.4. The molecular weight excluding hydrogens is 620 g/mol. The third kappa shape index (κ3) is 8.01. The Morgan fingerprint density at radius 3 is 2.45 bits per heavy atom. The van der Waals surface area contributed by atoms with Crippen LogP contribution >= 0.6 is 0 Å². The van der Waals surface area contributed by atoms with Gasteiger partial charge in [-0.3, -0.25) is 14.4 Å². The first-order valence-corrected chi connectivity index (χ1v) is 17.0. The van der Waals surface area contributed by atoms with Gasteiger partial charge in [-0.1, -0.05) is 32.4 Å². The fraction of sp³-hybridized carbons (Fsp3) is 0.410. The summed E-state index contributed by atoms with van der Waals surface area (Å²) in [7, 11) is 4.73. The SMILES string of the molecule is COc1cc2c(c(OC)c1OC)-c1ccc(NCCCCCC(=O)Nc3cccc4c3ccn4CC(C)C)c(=O)cc1[C@@H](NC(C)=O)CC2. The van der Waals surface area contributed by atoms with Gasteiger partial charge in [0.15, 0.2) is 11.5 Å². The zero-order chi connectivity index (χ0) is 35.1. The number of aryl methyl sites for hydroxylation is 1. The number of unbranched alkanes of at least 4 members (excludes halogenated alkanes) is 2. The van der Waals surface area contributed by atoms with Crippen LogP contribution < -0.4 is 35.6 Å². The summed E-state index contributed by atoms with van der Waals surface area (Å²) in [6.07, 6.45) is 6.08. The molecule has 3 N–H and O–H groups in total. The highest BCUT2D eigenvalue weighted by Gasteiger charge is 2.29. The van der Waals surface area contributed by atoms with Gasteiger partial charge in [0.05, 0.1) is 44.3 Å². The lowest BCUT2D eigenvalue weighted by Gasteiger charge is -2.19. The Balaban J connectivity index is 1.26. The van der Waals surface area contributed by atoms with Gasteiger partial charge in [-0.2, -0.15) is 0 Å². The number of amides is 2. The van der Waals surface area contributed by atoms with E-state index in [2.05, 4.69) is 52.7 Å². The minimum atomic E-state index is -0.368. The molecule has 3 aromatic carbocycles. The predicted molar refractivity (Wildman–Crippen MR) is 195 cm³/mol. The maximum absolute atomic E-state index is 13.5. The van der Waals surface area contributed by atoms with Crippen molar-refractivity contribution in [2.75, 3.05) is 38.5 Å². The molecule has 0 unspecified atom stereocenters. The fourth-order valence-electron chi connectivity index (χ4n) is 6.76. The third-order valence-corrected chi connectivity index (χ3v) is 8.96. The second-order valence-corrected chi connectivity index (χ2v) is 13.0. The lowest BCUT2D eigenvalue weighted by Crippen LogP contribution is -2.26. The van der Waals surface area contributed by atoms with Gasteiger partial charge in [0.25, 0.3) is 0 Å². The number of carbonyl (C=O) groups is 2. The normalized spacial score (nSPS) is 13.7. The number of nitrogens with one attached hydrogen (secondary N) is 3. The monoisotopic (exact) mass is 668 g/mol. The summed E-state index contributed by atoms with van der Waals surface area (Å²) >= 11 is 0. The molecule has 1 atom stereocenters. The maximum atomic E-state index is 13.5. The van der Waals surface area contributed by atoms with Crippen molar-refractivity contribution in [2.24, 2.45) is 5.92 Å². The van der Waals surface area contributed by atoms with Crippen LogP contribution in [0.25, 0.3) is 22.0 Å². The summed E-state index contributed by atoms with van der Waals surface area (Å²) in [6, 6.07) is 15.0. The lowest BCUT2D eigenvalue weighted by molar-refractivity contribution is -0.119. The van der Waals surface area contributed by atoms with Crippen molar-refractivity contribution in [1.29, 1.82) is 0 Å². The van der Waals surface area contributed by atoms with Crippen LogP contribution in [0.5, 0.6) is 17.2 Å². The number of hydrogen-bond acceptors (Lipinski definition) is 7. The molecule has 4 aromatic rings. The van der Waals surface area contributed by atoms with E-state index in [0.29, 0.717) is 54.7 Å². The number of aromatic nitrogens is 1. The molecule has 49 heavy (non-hydrogen) atoms. The maximum Gasteiger partial charge on any atom is 0.224 e. The van der Waals surface area contributed by atoms with Gasteiger partial charge in [0.1, 0.15) is 0 Å². The van der Waals surface area contributed by atoms with E-state index < -0.39 is 0 Å². The molecule has 0 radical (unpaired) electrons. The molecule has 10 heteroatoms. The summed E-state index contributed by atoms with van der Waals surface area (Å²) in [5.74, 6) is 1.88. The van der Waals surface area contributed by atoms with Crippen LogP contribution in [-0.2, 0) is 22.6 Å².